The molecule has 0 fully saturated rings. The number of benzene rings is 2. The highest BCUT2D eigenvalue weighted by atomic mass is 19.3. The Balaban J connectivity index is 1.87. The Morgan fingerprint density at radius 1 is 1.11 bits per heavy atom. The van der Waals surface area contributed by atoms with Crippen molar-refractivity contribution < 1.29 is 27.8 Å². The maximum absolute atomic E-state index is 12.2. The summed E-state index contributed by atoms with van der Waals surface area (Å²) in [6.07, 6.45) is 1.02. The van der Waals surface area contributed by atoms with Gasteiger partial charge in [-0.3, -0.25) is 4.79 Å². The van der Waals surface area contributed by atoms with E-state index in [1.807, 2.05) is 12.1 Å². The van der Waals surface area contributed by atoms with E-state index in [1.54, 1.807) is 12.1 Å². The molecule has 0 spiro atoms. The highest BCUT2D eigenvalue weighted by Gasteiger charge is 2.13. The monoisotopic (exact) mass is 377 g/mol. The molecular weight excluding hydrogens is 356 g/mol. The number of hydrogen-bond donors (Lipinski definition) is 1. The fraction of sp³-hybridized carbons (Fsp3) is 0.300. The summed E-state index contributed by atoms with van der Waals surface area (Å²) in [6.45, 7) is 0.735. The van der Waals surface area contributed by atoms with Crippen LogP contribution >= 0.6 is 0 Å². The van der Waals surface area contributed by atoms with Gasteiger partial charge in [-0.05, 0) is 48.2 Å². The van der Waals surface area contributed by atoms with Gasteiger partial charge in [0.15, 0.2) is 6.61 Å². The number of rotatable bonds is 8. The second kappa shape index (κ2) is 9.66. The zero-order chi connectivity index (χ0) is 19.8. The summed E-state index contributed by atoms with van der Waals surface area (Å²) in [5.41, 5.74) is 1.78. The summed E-state index contributed by atoms with van der Waals surface area (Å²) in [5, 5.41) is 2.63. The molecule has 27 heavy (non-hydrogen) atoms. The molecule has 0 unspecified atom stereocenters. The molecule has 2 rings (SSSR count). The average Bonchev–Trinajstić information content (AvgIpc) is 2.65. The van der Waals surface area contributed by atoms with Gasteiger partial charge in [0.05, 0.1) is 5.56 Å². The zero-order valence-electron chi connectivity index (χ0n) is 15.1. The van der Waals surface area contributed by atoms with Crippen LogP contribution in [0.1, 0.15) is 42.1 Å². The number of nitrogens with one attached hydrogen (secondary N) is 1. The molecule has 0 heterocycles. The number of ether oxygens (including phenoxy) is 2. The molecule has 2 aromatic rings. The van der Waals surface area contributed by atoms with Crippen LogP contribution in [0.5, 0.6) is 5.75 Å². The number of alkyl halides is 2. The Bertz CT molecular complexity index is 778. The van der Waals surface area contributed by atoms with Gasteiger partial charge in [0.1, 0.15) is 5.75 Å². The van der Waals surface area contributed by atoms with Crippen LogP contribution in [0, 0.1) is 0 Å². The predicted octanol–water partition coefficient (Wildman–Crippen LogP) is 4.60. The quantitative estimate of drug-likeness (QED) is 0.683. The lowest BCUT2D eigenvalue weighted by atomic mass is 9.99. The normalized spacial score (nSPS) is 11.7. The van der Waals surface area contributed by atoms with Crippen LogP contribution in [0.3, 0.4) is 0 Å². The van der Waals surface area contributed by atoms with Crippen molar-refractivity contribution >= 4 is 17.6 Å². The van der Waals surface area contributed by atoms with Gasteiger partial charge in [-0.1, -0.05) is 32.0 Å². The van der Waals surface area contributed by atoms with Crippen LogP contribution in [0.15, 0.2) is 48.5 Å². The molecule has 0 bridgehead atoms. The third-order valence-electron chi connectivity index (χ3n) is 4.01. The fourth-order valence-corrected chi connectivity index (χ4v) is 2.34. The van der Waals surface area contributed by atoms with E-state index in [1.165, 1.54) is 23.8 Å². The molecule has 0 aliphatic heterocycles. The Labute approximate surface area is 156 Å². The lowest BCUT2D eigenvalue weighted by Crippen LogP contribution is -2.21. The maximum atomic E-state index is 12.2. The number of halogens is 2. The Morgan fingerprint density at radius 2 is 1.81 bits per heavy atom. The first-order valence-electron chi connectivity index (χ1n) is 8.50. The van der Waals surface area contributed by atoms with Gasteiger partial charge in [0.2, 0.25) is 0 Å². The van der Waals surface area contributed by atoms with E-state index in [9.17, 15) is 18.4 Å². The molecule has 1 amide bonds. The van der Waals surface area contributed by atoms with E-state index in [2.05, 4.69) is 23.9 Å². The topological polar surface area (TPSA) is 64.6 Å². The Kier molecular flexibility index (Phi) is 7.28. The minimum absolute atomic E-state index is 0.0128. The third kappa shape index (κ3) is 6.36. The summed E-state index contributed by atoms with van der Waals surface area (Å²) >= 11 is 0. The SMILES string of the molecule is CC[C@H](C)c1ccc(NC(=O)COC(=O)c2cccc(OC(F)F)c2)cc1. The summed E-state index contributed by atoms with van der Waals surface area (Å²) in [7, 11) is 0. The highest BCUT2D eigenvalue weighted by molar-refractivity contribution is 5.95. The maximum Gasteiger partial charge on any atom is 0.387 e. The van der Waals surface area contributed by atoms with Crippen molar-refractivity contribution in [3.63, 3.8) is 0 Å². The number of carbonyl (C=O) groups excluding carboxylic acids is 2. The Morgan fingerprint density at radius 3 is 2.44 bits per heavy atom. The summed E-state index contributed by atoms with van der Waals surface area (Å²) in [5.74, 6) is -1.04. The van der Waals surface area contributed by atoms with Crippen LogP contribution in [-0.4, -0.2) is 25.1 Å². The van der Waals surface area contributed by atoms with Crippen molar-refractivity contribution in [3.8, 4) is 5.75 Å². The molecule has 2 aromatic carbocycles. The number of amides is 1. The van der Waals surface area contributed by atoms with Crippen LogP contribution in [0.25, 0.3) is 0 Å². The molecule has 0 aliphatic carbocycles. The van der Waals surface area contributed by atoms with E-state index in [4.69, 9.17) is 4.74 Å². The molecule has 0 saturated heterocycles. The number of esters is 1. The van der Waals surface area contributed by atoms with Crippen LogP contribution < -0.4 is 10.1 Å². The fourth-order valence-electron chi connectivity index (χ4n) is 2.34. The molecule has 144 valence electrons. The van der Waals surface area contributed by atoms with E-state index >= 15 is 0 Å². The minimum Gasteiger partial charge on any atom is -0.452 e. The molecule has 0 radical (unpaired) electrons. The second-order valence-electron chi connectivity index (χ2n) is 5.96. The van der Waals surface area contributed by atoms with Crippen molar-refractivity contribution in [2.75, 3.05) is 11.9 Å². The summed E-state index contributed by atoms with van der Waals surface area (Å²) in [4.78, 5) is 23.9. The van der Waals surface area contributed by atoms with E-state index in [0.29, 0.717) is 11.6 Å². The van der Waals surface area contributed by atoms with Crippen molar-refractivity contribution in [2.45, 2.75) is 32.8 Å². The standard InChI is InChI=1S/C20H21F2NO4/c1-3-13(2)14-7-9-16(10-8-14)23-18(24)12-26-19(25)15-5-4-6-17(11-15)27-20(21)22/h4-11,13,20H,3,12H2,1-2H3,(H,23,24)/t13-/m0/s1. The van der Waals surface area contributed by atoms with Gasteiger partial charge < -0.3 is 14.8 Å². The zero-order valence-corrected chi connectivity index (χ0v) is 15.1. The Hall–Kier alpha value is -2.96. The van der Waals surface area contributed by atoms with E-state index < -0.39 is 25.1 Å². The van der Waals surface area contributed by atoms with Crippen LogP contribution in [0.2, 0.25) is 0 Å². The van der Waals surface area contributed by atoms with Crippen molar-refractivity contribution in [3.05, 3.63) is 59.7 Å². The summed E-state index contributed by atoms with van der Waals surface area (Å²) < 4.78 is 33.6. The molecule has 1 atom stereocenters. The molecule has 1 N–H and O–H groups in total. The van der Waals surface area contributed by atoms with Gasteiger partial charge in [0, 0.05) is 5.69 Å². The van der Waals surface area contributed by atoms with E-state index in [0.717, 1.165) is 12.5 Å². The third-order valence-corrected chi connectivity index (χ3v) is 4.01. The first kappa shape index (κ1) is 20.4. The molecule has 0 aliphatic rings. The van der Waals surface area contributed by atoms with Gasteiger partial charge in [-0.2, -0.15) is 8.78 Å². The van der Waals surface area contributed by atoms with Crippen LogP contribution in [0.4, 0.5) is 14.5 Å². The molecule has 7 heteroatoms. The summed E-state index contributed by atoms with van der Waals surface area (Å²) in [6, 6.07) is 12.6. The van der Waals surface area contributed by atoms with Gasteiger partial charge >= 0.3 is 12.6 Å². The van der Waals surface area contributed by atoms with Crippen molar-refractivity contribution in [1.29, 1.82) is 0 Å². The second-order valence-corrected chi connectivity index (χ2v) is 5.96. The average molecular weight is 377 g/mol. The molecule has 0 aromatic heterocycles. The van der Waals surface area contributed by atoms with Crippen LogP contribution in [-0.2, 0) is 9.53 Å². The minimum atomic E-state index is -2.99. The van der Waals surface area contributed by atoms with Gasteiger partial charge in [0.25, 0.3) is 5.91 Å². The number of hydrogen-bond acceptors (Lipinski definition) is 4. The van der Waals surface area contributed by atoms with Gasteiger partial charge in [-0.15, -0.1) is 0 Å². The largest absolute Gasteiger partial charge is 0.452 e. The lowest BCUT2D eigenvalue weighted by Gasteiger charge is -2.11. The molecular formula is C20H21F2NO4. The van der Waals surface area contributed by atoms with Gasteiger partial charge in [-0.25, -0.2) is 4.79 Å². The number of anilines is 1. The molecule has 5 nitrogen and oxygen atoms in total. The predicted molar refractivity (Wildman–Crippen MR) is 97.1 cm³/mol. The van der Waals surface area contributed by atoms with Crippen molar-refractivity contribution in [1.82, 2.24) is 0 Å². The van der Waals surface area contributed by atoms with Crippen molar-refractivity contribution in [2.24, 2.45) is 0 Å². The first-order chi connectivity index (χ1) is 12.9. The van der Waals surface area contributed by atoms with E-state index in [-0.39, 0.29) is 11.3 Å². The molecule has 0 saturated carbocycles. The smallest absolute Gasteiger partial charge is 0.387 e. The first-order valence-corrected chi connectivity index (χ1v) is 8.50. The highest BCUT2D eigenvalue weighted by Crippen LogP contribution is 2.20. The number of carbonyl (C=O) groups is 2. The lowest BCUT2D eigenvalue weighted by molar-refractivity contribution is -0.119.